The number of nitrogens with one attached hydrogen (secondary N) is 1. The fourth-order valence-electron chi connectivity index (χ4n) is 3.27. The average Bonchev–Trinajstić information content (AvgIpc) is 2.77. The molecule has 6 nitrogen and oxygen atoms in total. The first-order valence-corrected chi connectivity index (χ1v) is 11.7. The number of halogens is 3. The summed E-state index contributed by atoms with van der Waals surface area (Å²) in [5.74, 6) is 1.24. The summed E-state index contributed by atoms with van der Waals surface area (Å²) in [6.07, 6.45) is -1.63. The highest BCUT2D eigenvalue weighted by atomic mass is 32.2. The zero-order chi connectivity index (χ0) is 24.6. The van der Waals surface area contributed by atoms with Gasteiger partial charge in [-0.1, -0.05) is 18.7 Å². The van der Waals surface area contributed by atoms with E-state index in [9.17, 15) is 21.6 Å². The molecule has 0 spiro atoms. The molecule has 1 N–H and O–H groups in total. The molecule has 0 heterocycles. The van der Waals surface area contributed by atoms with E-state index in [0.717, 1.165) is 29.3 Å². The maximum absolute atomic E-state index is 12.8. The SMILES string of the molecule is C=Cc1cc(OC)c(OC)cc1CN(C)CCCCNS(=O)(=O)c1cccc(C(F)(F)F)c1. The smallest absolute Gasteiger partial charge is 0.416 e. The summed E-state index contributed by atoms with van der Waals surface area (Å²) in [5, 5.41) is 0. The standard InChI is InChI=1S/C23H29F3N2O4S/c1-5-17-13-21(31-3)22(32-4)14-18(17)16-28(2)12-7-6-11-27-33(29,30)20-10-8-9-19(15-20)23(24,25)26/h5,8-10,13-15,27H,1,6-7,11-12,16H2,2-4H3. The van der Waals surface area contributed by atoms with Crippen LogP contribution in [-0.4, -0.2) is 47.7 Å². The van der Waals surface area contributed by atoms with Crippen molar-refractivity contribution in [2.75, 3.05) is 34.4 Å². The van der Waals surface area contributed by atoms with Crippen LogP contribution in [0.1, 0.15) is 29.5 Å². The highest BCUT2D eigenvalue weighted by molar-refractivity contribution is 7.89. The second kappa shape index (κ2) is 11.5. The molecule has 182 valence electrons. The van der Waals surface area contributed by atoms with E-state index in [4.69, 9.17) is 9.47 Å². The van der Waals surface area contributed by atoms with Crippen LogP contribution in [0.2, 0.25) is 0 Å². The van der Waals surface area contributed by atoms with Crippen molar-refractivity contribution >= 4 is 16.1 Å². The molecule has 33 heavy (non-hydrogen) atoms. The van der Waals surface area contributed by atoms with Gasteiger partial charge in [-0.15, -0.1) is 0 Å². The van der Waals surface area contributed by atoms with Crippen molar-refractivity contribution < 1.29 is 31.1 Å². The second-order valence-electron chi connectivity index (χ2n) is 7.48. The van der Waals surface area contributed by atoms with E-state index in [2.05, 4.69) is 16.2 Å². The molecule has 2 rings (SSSR count). The topological polar surface area (TPSA) is 67.9 Å². The van der Waals surface area contributed by atoms with Crippen molar-refractivity contribution in [3.8, 4) is 11.5 Å². The molecule has 0 atom stereocenters. The van der Waals surface area contributed by atoms with Crippen LogP contribution in [0.25, 0.3) is 6.08 Å². The van der Waals surface area contributed by atoms with Crippen molar-refractivity contribution in [2.24, 2.45) is 0 Å². The van der Waals surface area contributed by atoms with Gasteiger partial charge in [-0.3, -0.25) is 0 Å². The summed E-state index contributed by atoms with van der Waals surface area (Å²) in [6, 6.07) is 7.46. The molecular formula is C23H29F3N2O4S. The van der Waals surface area contributed by atoms with E-state index in [0.29, 0.717) is 43.5 Å². The first kappa shape index (κ1) is 26.7. The molecule has 0 fully saturated rings. The fraction of sp³-hybridized carbons (Fsp3) is 0.391. The Morgan fingerprint density at radius 2 is 1.76 bits per heavy atom. The number of alkyl halides is 3. The summed E-state index contributed by atoms with van der Waals surface area (Å²) < 4.78 is 76.2. The summed E-state index contributed by atoms with van der Waals surface area (Å²) in [5.41, 5.74) is 0.935. The van der Waals surface area contributed by atoms with Crippen molar-refractivity contribution in [2.45, 2.75) is 30.5 Å². The Hall–Kier alpha value is -2.56. The van der Waals surface area contributed by atoms with Crippen LogP contribution in [0.15, 0.2) is 47.9 Å². The van der Waals surface area contributed by atoms with Gasteiger partial charge in [0.2, 0.25) is 10.0 Å². The molecule has 0 aliphatic rings. The second-order valence-corrected chi connectivity index (χ2v) is 9.25. The third-order valence-corrected chi connectivity index (χ3v) is 6.49. The minimum atomic E-state index is -4.60. The van der Waals surface area contributed by atoms with Crippen LogP contribution in [0, 0.1) is 0 Å². The van der Waals surface area contributed by atoms with Crippen LogP contribution >= 0.6 is 0 Å². The Labute approximate surface area is 193 Å². The van der Waals surface area contributed by atoms with Crippen LogP contribution < -0.4 is 14.2 Å². The lowest BCUT2D eigenvalue weighted by Gasteiger charge is -2.20. The molecule has 0 bridgehead atoms. The summed E-state index contributed by atoms with van der Waals surface area (Å²) in [4.78, 5) is 1.68. The lowest BCUT2D eigenvalue weighted by Crippen LogP contribution is -2.26. The zero-order valence-electron chi connectivity index (χ0n) is 18.9. The van der Waals surface area contributed by atoms with Crippen LogP contribution in [0.5, 0.6) is 11.5 Å². The van der Waals surface area contributed by atoms with Crippen molar-refractivity contribution in [3.63, 3.8) is 0 Å². The van der Waals surface area contributed by atoms with Gasteiger partial charge >= 0.3 is 6.18 Å². The minimum absolute atomic E-state index is 0.126. The molecule has 2 aromatic rings. The number of methoxy groups -OCH3 is 2. The molecule has 10 heteroatoms. The van der Waals surface area contributed by atoms with Crippen LogP contribution in [-0.2, 0) is 22.7 Å². The molecule has 0 aliphatic heterocycles. The number of nitrogens with zero attached hydrogens (tertiary/aromatic N) is 1. The minimum Gasteiger partial charge on any atom is -0.493 e. The van der Waals surface area contributed by atoms with Gasteiger partial charge in [-0.25, -0.2) is 13.1 Å². The maximum atomic E-state index is 12.8. The molecule has 0 unspecified atom stereocenters. The molecule has 0 aromatic heterocycles. The number of benzene rings is 2. The van der Waals surface area contributed by atoms with Gasteiger partial charge < -0.3 is 14.4 Å². The van der Waals surface area contributed by atoms with E-state index in [1.165, 1.54) is 0 Å². The van der Waals surface area contributed by atoms with Crippen molar-refractivity contribution in [3.05, 3.63) is 59.7 Å². The summed E-state index contributed by atoms with van der Waals surface area (Å²) >= 11 is 0. The normalized spacial score (nSPS) is 12.1. The highest BCUT2D eigenvalue weighted by Gasteiger charge is 2.31. The number of hydrogen-bond acceptors (Lipinski definition) is 5. The number of unbranched alkanes of at least 4 members (excludes halogenated alkanes) is 1. The van der Waals surface area contributed by atoms with Gasteiger partial charge in [0.25, 0.3) is 0 Å². The van der Waals surface area contributed by atoms with E-state index >= 15 is 0 Å². The molecule has 2 aromatic carbocycles. The predicted octanol–water partition coefficient (Wildman–Crippen LogP) is 4.56. The monoisotopic (exact) mass is 486 g/mol. The van der Waals surface area contributed by atoms with Gasteiger partial charge in [0, 0.05) is 13.1 Å². The molecule has 0 amide bonds. The first-order valence-electron chi connectivity index (χ1n) is 10.2. The third kappa shape index (κ3) is 7.48. The average molecular weight is 487 g/mol. The van der Waals surface area contributed by atoms with E-state index in [-0.39, 0.29) is 6.54 Å². The van der Waals surface area contributed by atoms with Gasteiger partial charge in [0.1, 0.15) is 0 Å². The zero-order valence-corrected chi connectivity index (χ0v) is 19.7. The molecular weight excluding hydrogens is 457 g/mol. The number of ether oxygens (including phenoxy) is 2. The summed E-state index contributed by atoms with van der Waals surface area (Å²) in [7, 11) is 1.06. The van der Waals surface area contributed by atoms with E-state index in [1.807, 2.05) is 19.2 Å². The maximum Gasteiger partial charge on any atom is 0.416 e. The summed E-state index contributed by atoms with van der Waals surface area (Å²) in [6.45, 7) is 5.28. The number of hydrogen-bond donors (Lipinski definition) is 1. The molecule has 0 aliphatic carbocycles. The highest BCUT2D eigenvalue weighted by Crippen LogP contribution is 2.32. The van der Waals surface area contributed by atoms with Crippen molar-refractivity contribution in [1.29, 1.82) is 0 Å². The number of rotatable bonds is 12. The van der Waals surface area contributed by atoms with Crippen LogP contribution in [0.3, 0.4) is 0 Å². The largest absolute Gasteiger partial charge is 0.493 e. The Morgan fingerprint density at radius 1 is 1.09 bits per heavy atom. The van der Waals surface area contributed by atoms with Gasteiger partial charge in [0.15, 0.2) is 11.5 Å². The predicted molar refractivity (Wildman–Crippen MR) is 122 cm³/mol. The number of sulfonamides is 1. The fourth-order valence-corrected chi connectivity index (χ4v) is 4.39. The van der Waals surface area contributed by atoms with Crippen LogP contribution in [0.4, 0.5) is 13.2 Å². The van der Waals surface area contributed by atoms with Gasteiger partial charge in [-0.05, 0) is 67.9 Å². The molecule has 0 saturated heterocycles. The Kier molecular flexibility index (Phi) is 9.33. The quantitative estimate of drug-likeness (QED) is 0.446. The third-order valence-electron chi connectivity index (χ3n) is 5.04. The first-order chi connectivity index (χ1) is 15.5. The lowest BCUT2D eigenvalue weighted by molar-refractivity contribution is -0.137. The lowest BCUT2D eigenvalue weighted by atomic mass is 10.1. The Balaban J connectivity index is 1.87. The molecule has 0 saturated carbocycles. The van der Waals surface area contributed by atoms with E-state index in [1.54, 1.807) is 20.3 Å². The van der Waals surface area contributed by atoms with Crippen molar-refractivity contribution in [1.82, 2.24) is 9.62 Å². The van der Waals surface area contributed by atoms with Gasteiger partial charge in [0.05, 0.1) is 24.7 Å². The Morgan fingerprint density at radius 3 is 2.36 bits per heavy atom. The molecule has 0 radical (unpaired) electrons. The van der Waals surface area contributed by atoms with E-state index < -0.39 is 26.7 Å². The van der Waals surface area contributed by atoms with Gasteiger partial charge in [-0.2, -0.15) is 13.2 Å². The Bertz CT molecular complexity index is 1060.